The number of phenols is 1. The first-order valence-electron chi connectivity index (χ1n) is 4.79. The molecule has 1 rings (SSSR count). The van der Waals surface area contributed by atoms with E-state index in [2.05, 4.69) is 0 Å². The highest BCUT2D eigenvalue weighted by molar-refractivity contribution is 6.32. The lowest BCUT2D eigenvalue weighted by Gasteiger charge is -2.16. The number of aliphatic hydroxyl groups excluding tert-OH is 1. The molecule has 2 N–H and O–H groups in total. The number of phenolic OH excluding ortho intramolecular Hbond substituents is 1. The van der Waals surface area contributed by atoms with E-state index in [9.17, 15) is 10.2 Å². The van der Waals surface area contributed by atoms with Gasteiger partial charge in [0.15, 0.2) is 11.5 Å². The minimum atomic E-state index is -0.821. The second-order valence-electron chi connectivity index (χ2n) is 3.34. The summed E-state index contributed by atoms with van der Waals surface area (Å²) < 4.78 is 5.01. The second-order valence-corrected chi connectivity index (χ2v) is 3.72. The van der Waals surface area contributed by atoms with Crippen LogP contribution in [0.2, 0.25) is 5.02 Å². The summed E-state index contributed by atoms with van der Waals surface area (Å²) in [4.78, 5) is 0. The zero-order valence-electron chi connectivity index (χ0n) is 9.04. The van der Waals surface area contributed by atoms with Gasteiger partial charge in [-0.25, -0.2) is 0 Å². The third-order valence-electron chi connectivity index (χ3n) is 2.33. The maximum absolute atomic E-state index is 9.79. The maximum atomic E-state index is 9.79. The molecule has 4 heteroatoms. The molecule has 0 aromatic heterocycles. The van der Waals surface area contributed by atoms with Crippen molar-refractivity contribution in [3.05, 3.63) is 22.2 Å². The predicted octanol–water partition coefficient (Wildman–Crippen LogP) is 2.67. The van der Waals surface area contributed by atoms with E-state index in [4.69, 9.17) is 16.3 Å². The van der Waals surface area contributed by atoms with Crippen LogP contribution in [-0.2, 0) is 6.42 Å². The number of halogens is 1. The third-order valence-corrected chi connectivity index (χ3v) is 2.78. The van der Waals surface area contributed by atoms with Gasteiger partial charge in [-0.15, -0.1) is 0 Å². The highest BCUT2D eigenvalue weighted by Gasteiger charge is 2.19. The average molecular weight is 231 g/mol. The van der Waals surface area contributed by atoms with Gasteiger partial charge in [-0.3, -0.25) is 0 Å². The van der Waals surface area contributed by atoms with Crippen LogP contribution in [0.4, 0.5) is 0 Å². The summed E-state index contributed by atoms with van der Waals surface area (Å²) in [6.45, 7) is 3.50. The Balaban J connectivity index is 3.46. The first-order chi connectivity index (χ1) is 7.02. The number of hydrogen-bond donors (Lipinski definition) is 2. The van der Waals surface area contributed by atoms with Crippen LogP contribution in [0.25, 0.3) is 0 Å². The predicted molar refractivity (Wildman–Crippen MR) is 59.7 cm³/mol. The molecular weight excluding hydrogens is 216 g/mol. The number of aromatic hydroxyl groups is 1. The normalized spacial score (nSPS) is 12.6. The highest BCUT2D eigenvalue weighted by atomic mass is 35.5. The fourth-order valence-corrected chi connectivity index (χ4v) is 1.93. The first kappa shape index (κ1) is 12.1. The number of rotatable bonds is 3. The number of ether oxygens (including phenoxy) is 1. The lowest BCUT2D eigenvalue weighted by Crippen LogP contribution is -1.99. The average Bonchev–Trinajstić information content (AvgIpc) is 2.18. The Labute approximate surface area is 94.3 Å². The molecule has 0 amide bonds. The van der Waals surface area contributed by atoms with E-state index in [1.54, 1.807) is 13.0 Å². The lowest BCUT2D eigenvalue weighted by atomic mass is 10.0. The molecule has 0 aliphatic rings. The number of hydrogen-bond acceptors (Lipinski definition) is 3. The summed E-state index contributed by atoms with van der Waals surface area (Å²) >= 11 is 6.06. The SMILES string of the molecule is CCc1cc(OC)c(O)c(C(C)O)c1Cl. The molecule has 1 aromatic rings. The maximum Gasteiger partial charge on any atom is 0.165 e. The van der Waals surface area contributed by atoms with Crippen LogP contribution < -0.4 is 4.74 Å². The van der Waals surface area contributed by atoms with Crippen LogP contribution in [0, 0.1) is 0 Å². The molecule has 3 nitrogen and oxygen atoms in total. The van der Waals surface area contributed by atoms with Crippen molar-refractivity contribution in [2.24, 2.45) is 0 Å². The van der Waals surface area contributed by atoms with Gasteiger partial charge >= 0.3 is 0 Å². The molecule has 0 saturated carbocycles. The summed E-state index contributed by atoms with van der Waals surface area (Å²) in [6, 6.07) is 1.68. The molecule has 0 radical (unpaired) electrons. The molecule has 0 aliphatic carbocycles. The van der Waals surface area contributed by atoms with Crippen LogP contribution >= 0.6 is 11.6 Å². The number of benzene rings is 1. The van der Waals surface area contributed by atoms with Crippen LogP contribution in [-0.4, -0.2) is 17.3 Å². The summed E-state index contributed by atoms with van der Waals surface area (Å²) in [5.41, 5.74) is 1.18. The Kier molecular flexibility index (Phi) is 3.83. The highest BCUT2D eigenvalue weighted by Crippen LogP contribution is 2.41. The van der Waals surface area contributed by atoms with Gasteiger partial charge in [-0.1, -0.05) is 18.5 Å². The van der Waals surface area contributed by atoms with Gasteiger partial charge in [0.1, 0.15) is 0 Å². The van der Waals surface area contributed by atoms with Crippen molar-refractivity contribution in [1.82, 2.24) is 0 Å². The molecule has 0 fully saturated rings. The van der Waals surface area contributed by atoms with E-state index in [-0.39, 0.29) is 5.75 Å². The Morgan fingerprint density at radius 2 is 2.13 bits per heavy atom. The second kappa shape index (κ2) is 4.73. The van der Waals surface area contributed by atoms with E-state index in [0.717, 1.165) is 12.0 Å². The zero-order valence-corrected chi connectivity index (χ0v) is 9.80. The molecule has 1 unspecified atom stereocenters. The third kappa shape index (κ3) is 2.19. The van der Waals surface area contributed by atoms with E-state index in [1.807, 2.05) is 6.92 Å². The number of methoxy groups -OCH3 is 1. The Hall–Kier alpha value is -0.930. The summed E-state index contributed by atoms with van der Waals surface area (Å²) in [5, 5.41) is 19.7. The smallest absolute Gasteiger partial charge is 0.165 e. The van der Waals surface area contributed by atoms with Gasteiger partial charge in [0, 0.05) is 5.56 Å². The molecular formula is C11H15ClO3. The van der Waals surface area contributed by atoms with Crippen molar-refractivity contribution < 1.29 is 14.9 Å². The Morgan fingerprint density at radius 1 is 1.53 bits per heavy atom. The van der Waals surface area contributed by atoms with Gasteiger partial charge in [-0.2, -0.15) is 0 Å². The molecule has 15 heavy (non-hydrogen) atoms. The fourth-order valence-electron chi connectivity index (χ4n) is 1.49. The summed E-state index contributed by atoms with van der Waals surface area (Å²) in [5.74, 6) is 0.252. The molecule has 0 aliphatic heterocycles. The summed E-state index contributed by atoms with van der Waals surface area (Å²) in [6.07, 6.45) is -0.104. The van der Waals surface area contributed by atoms with E-state index >= 15 is 0 Å². The molecule has 0 bridgehead atoms. The molecule has 0 heterocycles. The van der Waals surface area contributed by atoms with Crippen LogP contribution in [0.1, 0.15) is 31.1 Å². The van der Waals surface area contributed by atoms with Gasteiger partial charge < -0.3 is 14.9 Å². The van der Waals surface area contributed by atoms with Crippen molar-refractivity contribution in [1.29, 1.82) is 0 Å². The van der Waals surface area contributed by atoms with Gasteiger partial charge in [-0.05, 0) is 25.0 Å². The fraction of sp³-hybridized carbons (Fsp3) is 0.455. The van der Waals surface area contributed by atoms with Crippen LogP contribution in [0.3, 0.4) is 0 Å². The van der Waals surface area contributed by atoms with E-state index < -0.39 is 6.10 Å². The quantitative estimate of drug-likeness (QED) is 0.840. The van der Waals surface area contributed by atoms with E-state index in [1.165, 1.54) is 7.11 Å². The monoisotopic (exact) mass is 230 g/mol. The topological polar surface area (TPSA) is 49.7 Å². The van der Waals surface area contributed by atoms with E-state index in [0.29, 0.717) is 16.3 Å². The van der Waals surface area contributed by atoms with Crippen molar-refractivity contribution in [2.75, 3.05) is 7.11 Å². The van der Waals surface area contributed by atoms with Crippen LogP contribution in [0.15, 0.2) is 6.07 Å². The van der Waals surface area contributed by atoms with Gasteiger partial charge in [0.25, 0.3) is 0 Å². The molecule has 0 spiro atoms. The van der Waals surface area contributed by atoms with Crippen LogP contribution in [0.5, 0.6) is 11.5 Å². The molecule has 1 aromatic carbocycles. The first-order valence-corrected chi connectivity index (χ1v) is 5.17. The van der Waals surface area contributed by atoms with Crippen molar-refractivity contribution in [2.45, 2.75) is 26.4 Å². The van der Waals surface area contributed by atoms with Gasteiger partial charge in [0.05, 0.1) is 18.2 Å². The molecule has 0 saturated heterocycles. The Bertz CT molecular complexity index is 333. The zero-order chi connectivity index (χ0) is 11.6. The molecule has 84 valence electrons. The van der Waals surface area contributed by atoms with Crippen molar-refractivity contribution in [3.8, 4) is 11.5 Å². The van der Waals surface area contributed by atoms with Gasteiger partial charge in [0.2, 0.25) is 0 Å². The largest absolute Gasteiger partial charge is 0.504 e. The lowest BCUT2D eigenvalue weighted by molar-refractivity contribution is 0.193. The summed E-state index contributed by atoms with van der Waals surface area (Å²) in [7, 11) is 1.47. The van der Waals surface area contributed by atoms with Crippen molar-refractivity contribution in [3.63, 3.8) is 0 Å². The van der Waals surface area contributed by atoms with Crippen molar-refractivity contribution >= 4 is 11.6 Å². The minimum absolute atomic E-state index is 0.0882. The standard InChI is InChI=1S/C11H15ClO3/c1-4-7-5-8(15-3)11(14)9(6(2)13)10(7)12/h5-6,13-14H,4H2,1-3H3. The Morgan fingerprint density at radius 3 is 2.53 bits per heavy atom. The number of aryl methyl sites for hydroxylation is 1. The molecule has 1 atom stereocenters. The number of aliphatic hydroxyl groups is 1. The minimum Gasteiger partial charge on any atom is -0.504 e.